The first-order valence-electron chi connectivity index (χ1n) is 6.32. The highest BCUT2D eigenvalue weighted by Crippen LogP contribution is 2.39. The Morgan fingerprint density at radius 3 is 2.71 bits per heavy atom. The molecule has 3 aromatic rings. The number of carbonyl (C=O) groups is 1. The number of rotatable bonds is 3. The van der Waals surface area contributed by atoms with Crippen molar-refractivity contribution in [3.05, 3.63) is 48.2 Å². The molecule has 5 heteroatoms. The van der Waals surface area contributed by atoms with E-state index in [1.165, 1.54) is 19.2 Å². The van der Waals surface area contributed by atoms with E-state index in [9.17, 15) is 9.90 Å². The molecule has 0 aliphatic heterocycles. The lowest BCUT2D eigenvalue weighted by molar-refractivity contribution is 0.0696. The fraction of sp³-hybridized carbons (Fsp3) is 0.0625. The number of phenolic OH excluding ortho intramolecular Hbond substituents is 1. The zero-order chi connectivity index (χ0) is 15.0. The molecule has 1 heterocycles. The van der Waals surface area contributed by atoms with E-state index in [0.29, 0.717) is 5.56 Å². The number of aromatic carboxylic acids is 1. The van der Waals surface area contributed by atoms with Gasteiger partial charge in [0.1, 0.15) is 0 Å². The first-order valence-corrected chi connectivity index (χ1v) is 6.32. The van der Waals surface area contributed by atoms with Crippen molar-refractivity contribution in [3.63, 3.8) is 0 Å². The minimum atomic E-state index is -1.07. The number of methoxy groups -OCH3 is 1. The van der Waals surface area contributed by atoms with Gasteiger partial charge in [-0.3, -0.25) is 0 Å². The Morgan fingerprint density at radius 1 is 1.19 bits per heavy atom. The predicted octanol–water partition coefficient (Wildman–Crippen LogP) is 3.25. The highest BCUT2D eigenvalue weighted by atomic mass is 16.5. The summed E-state index contributed by atoms with van der Waals surface area (Å²) in [6, 6.07) is 10.2. The van der Waals surface area contributed by atoms with E-state index in [-0.39, 0.29) is 17.1 Å². The molecule has 0 amide bonds. The number of phenols is 1. The standard InChI is InChI=1S/C16H13NO4/c1-21-14-8-11(16(19)20)7-12(15(14)18)9-2-3-13-10(6-9)4-5-17-13/h2-8,17-18H,1H3,(H,19,20). The molecule has 0 aliphatic rings. The minimum Gasteiger partial charge on any atom is -0.504 e. The van der Waals surface area contributed by atoms with Crippen LogP contribution < -0.4 is 4.74 Å². The second kappa shape index (κ2) is 4.86. The maximum absolute atomic E-state index is 11.2. The number of H-pyrrole nitrogens is 1. The normalized spacial score (nSPS) is 10.7. The van der Waals surface area contributed by atoms with Crippen LogP contribution in [0.25, 0.3) is 22.0 Å². The molecule has 0 saturated heterocycles. The van der Waals surface area contributed by atoms with Crippen LogP contribution in [0.3, 0.4) is 0 Å². The third-order valence-corrected chi connectivity index (χ3v) is 3.41. The van der Waals surface area contributed by atoms with Crippen molar-refractivity contribution in [2.45, 2.75) is 0 Å². The first-order chi connectivity index (χ1) is 10.1. The SMILES string of the molecule is COc1cc(C(=O)O)cc(-c2ccc3[nH]ccc3c2)c1O. The van der Waals surface area contributed by atoms with Crippen molar-refractivity contribution in [2.75, 3.05) is 7.11 Å². The summed E-state index contributed by atoms with van der Waals surface area (Å²) in [4.78, 5) is 14.3. The second-order valence-electron chi connectivity index (χ2n) is 4.66. The summed E-state index contributed by atoms with van der Waals surface area (Å²) in [5, 5.41) is 20.4. The van der Waals surface area contributed by atoms with Gasteiger partial charge in [-0.15, -0.1) is 0 Å². The summed E-state index contributed by atoms with van der Waals surface area (Å²) in [7, 11) is 1.39. The zero-order valence-electron chi connectivity index (χ0n) is 11.3. The van der Waals surface area contributed by atoms with Gasteiger partial charge in [-0.05, 0) is 41.3 Å². The maximum atomic E-state index is 11.2. The molecule has 0 fully saturated rings. The van der Waals surface area contributed by atoms with Gasteiger partial charge >= 0.3 is 5.97 Å². The predicted molar refractivity (Wildman–Crippen MR) is 78.9 cm³/mol. The highest BCUT2D eigenvalue weighted by Gasteiger charge is 2.16. The molecule has 106 valence electrons. The number of aromatic amines is 1. The summed E-state index contributed by atoms with van der Waals surface area (Å²) < 4.78 is 5.05. The molecule has 0 atom stereocenters. The second-order valence-corrected chi connectivity index (χ2v) is 4.66. The summed E-state index contributed by atoms with van der Waals surface area (Å²) in [5.41, 5.74) is 2.18. The Labute approximate surface area is 120 Å². The summed E-state index contributed by atoms with van der Waals surface area (Å²) >= 11 is 0. The number of hydrogen-bond donors (Lipinski definition) is 3. The average Bonchev–Trinajstić information content (AvgIpc) is 2.94. The van der Waals surface area contributed by atoms with Gasteiger partial charge in [-0.1, -0.05) is 6.07 Å². The van der Waals surface area contributed by atoms with E-state index in [2.05, 4.69) is 4.98 Å². The third-order valence-electron chi connectivity index (χ3n) is 3.41. The monoisotopic (exact) mass is 283 g/mol. The van der Waals surface area contributed by atoms with Gasteiger partial charge in [-0.25, -0.2) is 4.79 Å². The quantitative estimate of drug-likeness (QED) is 0.689. The van der Waals surface area contributed by atoms with Crippen molar-refractivity contribution < 1.29 is 19.7 Å². The average molecular weight is 283 g/mol. The van der Waals surface area contributed by atoms with Crippen LogP contribution in [0, 0.1) is 0 Å². The first kappa shape index (κ1) is 13.1. The van der Waals surface area contributed by atoms with Gasteiger partial charge < -0.3 is 19.9 Å². The van der Waals surface area contributed by atoms with Gasteiger partial charge in [-0.2, -0.15) is 0 Å². The Balaban J connectivity index is 2.24. The molecule has 2 aromatic carbocycles. The lowest BCUT2D eigenvalue weighted by Gasteiger charge is -2.11. The number of fused-ring (bicyclic) bond motifs is 1. The molecule has 0 bridgehead atoms. The largest absolute Gasteiger partial charge is 0.504 e. The third kappa shape index (κ3) is 2.18. The zero-order valence-corrected chi connectivity index (χ0v) is 11.3. The van der Waals surface area contributed by atoms with Crippen molar-refractivity contribution in [1.82, 2.24) is 4.98 Å². The molecule has 0 aliphatic carbocycles. The molecule has 21 heavy (non-hydrogen) atoms. The Bertz CT molecular complexity index is 835. The van der Waals surface area contributed by atoms with E-state index in [1.807, 2.05) is 30.5 Å². The molecule has 3 rings (SSSR count). The molecule has 0 spiro atoms. The topological polar surface area (TPSA) is 82.5 Å². The summed E-state index contributed by atoms with van der Waals surface area (Å²) in [6.07, 6.45) is 1.82. The van der Waals surface area contributed by atoms with Crippen LogP contribution in [0.5, 0.6) is 11.5 Å². The summed E-state index contributed by atoms with van der Waals surface area (Å²) in [5.74, 6) is -1.01. The number of benzene rings is 2. The summed E-state index contributed by atoms with van der Waals surface area (Å²) in [6.45, 7) is 0. The van der Waals surface area contributed by atoms with E-state index in [4.69, 9.17) is 9.84 Å². The fourth-order valence-corrected chi connectivity index (χ4v) is 2.33. The molecule has 0 radical (unpaired) electrons. The number of ether oxygens (including phenoxy) is 1. The maximum Gasteiger partial charge on any atom is 0.335 e. The van der Waals surface area contributed by atoms with Crippen molar-refractivity contribution in [2.24, 2.45) is 0 Å². The van der Waals surface area contributed by atoms with Crippen LogP contribution in [0.4, 0.5) is 0 Å². The Morgan fingerprint density at radius 2 is 2.00 bits per heavy atom. The highest BCUT2D eigenvalue weighted by molar-refractivity contribution is 5.93. The number of hydrogen-bond acceptors (Lipinski definition) is 3. The van der Waals surface area contributed by atoms with Crippen LogP contribution >= 0.6 is 0 Å². The van der Waals surface area contributed by atoms with Crippen LogP contribution in [0.2, 0.25) is 0 Å². The Kier molecular flexibility index (Phi) is 3.02. The van der Waals surface area contributed by atoms with E-state index < -0.39 is 5.97 Å². The fourth-order valence-electron chi connectivity index (χ4n) is 2.33. The number of nitrogens with one attached hydrogen (secondary N) is 1. The lowest BCUT2D eigenvalue weighted by atomic mass is 10.00. The molecular formula is C16H13NO4. The molecule has 1 aromatic heterocycles. The van der Waals surface area contributed by atoms with E-state index in [0.717, 1.165) is 16.5 Å². The Hall–Kier alpha value is -2.95. The van der Waals surface area contributed by atoms with Gasteiger partial charge in [0.05, 0.1) is 12.7 Å². The van der Waals surface area contributed by atoms with Gasteiger partial charge in [0.25, 0.3) is 0 Å². The number of carboxylic acid groups (broad SMARTS) is 1. The molecule has 3 N–H and O–H groups in total. The molecule has 5 nitrogen and oxygen atoms in total. The number of aromatic nitrogens is 1. The lowest BCUT2D eigenvalue weighted by Crippen LogP contribution is -1.98. The van der Waals surface area contributed by atoms with Crippen molar-refractivity contribution >= 4 is 16.9 Å². The van der Waals surface area contributed by atoms with Crippen molar-refractivity contribution in [3.8, 4) is 22.6 Å². The van der Waals surface area contributed by atoms with Gasteiger partial charge in [0.2, 0.25) is 0 Å². The number of aromatic hydroxyl groups is 1. The van der Waals surface area contributed by atoms with Crippen LogP contribution in [0.15, 0.2) is 42.6 Å². The van der Waals surface area contributed by atoms with E-state index >= 15 is 0 Å². The van der Waals surface area contributed by atoms with Crippen LogP contribution in [-0.2, 0) is 0 Å². The molecule has 0 unspecified atom stereocenters. The molecule has 0 saturated carbocycles. The molecular weight excluding hydrogens is 270 g/mol. The van der Waals surface area contributed by atoms with Crippen molar-refractivity contribution in [1.29, 1.82) is 0 Å². The van der Waals surface area contributed by atoms with Crippen LogP contribution in [0.1, 0.15) is 10.4 Å². The number of carboxylic acids is 1. The van der Waals surface area contributed by atoms with Crippen LogP contribution in [-0.4, -0.2) is 28.3 Å². The van der Waals surface area contributed by atoms with Gasteiger partial charge in [0.15, 0.2) is 11.5 Å². The van der Waals surface area contributed by atoms with E-state index in [1.54, 1.807) is 0 Å². The minimum absolute atomic E-state index is 0.0637. The van der Waals surface area contributed by atoms with Gasteiger partial charge in [0, 0.05) is 17.3 Å². The smallest absolute Gasteiger partial charge is 0.335 e.